The number of benzene rings is 1. The van der Waals surface area contributed by atoms with Gasteiger partial charge in [0.25, 0.3) is 5.91 Å². The van der Waals surface area contributed by atoms with Crippen LogP contribution in [0.1, 0.15) is 29.4 Å². The lowest BCUT2D eigenvalue weighted by molar-refractivity contribution is 0.0941. The fraction of sp³-hybridized carbons (Fsp3) is 0.357. The van der Waals surface area contributed by atoms with Gasteiger partial charge >= 0.3 is 0 Å². The Morgan fingerprint density at radius 2 is 2.26 bits per heavy atom. The lowest BCUT2D eigenvalue weighted by atomic mass is 10.2. The van der Waals surface area contributed by atoms with Gasteiger partial charge in [0.1, 0.15) is 4.88 Å². The second-order valence-electron chi connectivity index (χ2n) is 5.08. The number of nitrogens with one attached hydrogen (secondary N) is 1. The van der Waals surface area contributed by atoms with Crippen LogP contribution in [0.2, 0.25) is 5.02 Å². The molecule has 5 heteroatoms. The minimum Gasteiger partial charge on any atom is -0.397 e. The summed E-state index contributed by atoms with van der Waals surface area (Å²) >= 11 is 7.36. The summed E-state index contributed by atoms with van der Waals surface area (Å²) in [5.41, 5.74) is 6.62. The molecule has 1 amide bonds. The van der Waals surface area contributed by atoms with Crippen molar-refractivity contribution in [1.29, 1.82) is 0 Å². The minimum absolute atomic E-state index is 0.0748. The zero-order valence-corrected chi connectivity index (χ0v) is 12.1. The number of halogens is 1. The molecule has 3 nitrogen and oxygen atoms in total. The number of hydrogen-bond acceptors (Lipinski definition) is 3. The smallest absolute Gasteiger partial charge is 0.263 e. The molecule has 1 aromatic carbocycles. The Morgan fingerprint density at radius 1 is 1.53 bits per heavy atom. The summed E-state index contributed by atoms with van der Waals surface area (Å²) in [5.74, 6) is 0.559. The predicted octanol–water partition coefficient (Wildman–Crippen LogP) is 3.67. The number of anilines is 1. The highest BCUT2D eigenvalue weighted by Crippen LogP contribution is 2.36. The predicted molar refractivity (Wildman–Crippen MR) is 80.9 cm³/mol. The normalized spacial score (nSPS) is 16.5. The third-order valence-corrected chi connectivity index (χ3v) is 4.99. The Bertz CT molecular complexity index is 648. The molecule has 1 aliphatic rings. The van der Waals surface area contributed by atoms with E-state index in [0.29, 0.717) is 21.5 Å². The molecule has 0 spiro atoms. The lowest BCUT2D eigenvalue weighted by Crippen LogP contribution is -2.33. The molecule has 1 unspecified atom stereocenters. The van der Waals surface area contributed by atoms with Crippen LogP contribution in [-0.2, 0) is 0 Å². The second kappa shape index (κ2) is 4.69. The second-order valence-corrected chi connectivity index (χ2v) is 6.57. The first-order valence-corrected chi connectivity index (χ1v) is 7.54. The maximum Gasteiger partial charge on any atom is 0.263 e. The quantitative estimate of drug-likeness (QED) is 0.907. The third kappa shape index (κ3) is 2.42. The van der Waals surface area contributed by atoms with E-state index in [4.69, 9.17) is 17.3 Å². The van der Waals surface area contributed by atoms with E-state index in [9.17, 15) is 4.79 Å². The van der Waals surface area contributed by atoms with Gasteiger partial charge < -0.3 is 11.1 Å². The van der Waals surface area contributed by atoms with Gasteiger partial charge in [-0.1, -0.05) is 11.6 Å². The van der Waals surface area contributed by atoms with Crippen LogP contribution in [0.5, 0.6) is 0 Å². The molecule has 1 saturated carbocycles. The highest BCUT2D eigenvalue weighted by molar-refractivity contribution is 7.21. The van der Waals surface area contributed by atoms with Gasteiger partial charge in [0.15, 0.2) is 0 Å². The van der Waals surface area contributed by atoms with Gasteiger partial charge in [0, 0.05) is 21.2 Å². The van der Waals surface area contributed by atoms with E-state index in [1.54, 1.807) is 6.07 Å². The fourth-order valence-electron chi connectivity index (χ4n) is 2.25. The van der Waals surface area contributed by atoms with Crippen molar-refractivity contribution in [3.05, 3.63) is 28.1 Å². The highest BCUT2D eigenvalue weighted by Gasteiger charge is 2.30. The first-order chi connectivity index (χ1) is 9.06. The Morgan fingerprint density at radius 3 is 2.95 bits per heavy atom. The van der Waals surface area contributed by atoms with E-state index < -0.39 is 0 Å². The number of thiophene rings is 1. The zero-order valence-electron chi connectivity index (χ0n) is 10.6. The molecule has 0 saturated heterocycles. The minimum atomic E-state index is -0.0748. The van der Waals surface area contributed by atoms with Crippen molar-refractivity contribution in [2.45, 2.75) is 25.8 Å². The largest absolute Gasteiger partial charge is 0.397 e. The van der Waals surface area contributed by atoms with Crippen molar-refractivity contribution >= 4 is 44.6 Å². The van der Waals surface area contributed by atoms with Crippen LogP contribution in [0.4, 0.5) is 5.69 Å². The first kappa shape index (κ1) is 12.8. The highest BCUT2D eigenvalue weighted by atomic mass is 35.5. The molecule has 0 radical (unpaired) electrons. The molecular weight excluding hydrogens is 280 g/mol. The van der Waals surface area contributed by atoms with E-state index in [2.05, 4.69) is 12.2 Å². The van der Waals surface area contributed by atoms with E-state index in [1.807, 2.05) is 12.1 Å². The number of hydrogen-bond donors (Lipinski definition) is 2. The van der Waals surface area contributed by atoms with E-state index in [1.165, 1.54) is 24.2 Å². The molecule has 100 valence electrons. The van der Waals surface area contributed by atoms with Crippen LogP contribution in [0, 0.1) is 5.92 Å². The van der Waals surface area contributed by atoms with Crippen molar-refractivity contribution in [2.75, 3.05) is 5.73 Å². The molecule has 1 fully saturated rings. The summed E-state index contributed by atoms with van der Waals surface area (Å²) in [4.78, 5) is 12.8. The Hall–Kier alpha value is -1.26. The maximum atomic E-state index is 12.2. The van der Waals surface area contributed by atoms with Gasteiger partial charge in [-0.25, -0.2) is 0 Å². The average molecular weight is 295 g/mol. The summed E-state index contributed by atoms with van der Waals surface area (Å²) < 4.78 is 0.953. The lowest BCUT2D eigenvalue weighted by Gasteiger charge is -2.11. The Kier molecular flexibility index (Phi) is 3.15. The fourth-order valence-corrected chi connectivity index (χ4v) is 3.55. The number of fused-ring (bicyclic) bond motifs is 1. The SMILES string of the molecule is CC(NC(=O)c1sc2cc(Cl)ccc2c1N)C1CC1. The molecule has 0 aliphatic heterocycles. The Balaban J connectivity index is 1.91. The Labute approximate surface area is 120 Å². The molecule has 1 heterocycles. The van der Waals surface area contributed by atoms with Crippen molar-refractivity contribution in [3.63, 3.8) is 0 Å². The molecule has 1 atom stereocenters. The third-order valence-electron chi connectivity index (χ3n) is 3.58. The molecular formula is C14H15ClN2OS. The van der Waals surface area contributed by atoms with Crippen LogP contribution in [0.15, 0.2) is 18.2 Å². The van der Waals surface area contributed by atoms with Crippen LogP contribution >= 0.6 is 22.9 Å². The standard InChI is InChI=1S/C14H15ClN2OS/c1-7(8-2-3-8)17-14(18)13-12(16)10-5-4-9(15)6-11(10)19-13/h4-8H,2-3,16H2,1H3,(H,17,18). The molecule has 0 bridgehead atoms. The monoisotopic (exact) mass is 294 g/mol. The van der Waals surface area contributed by atoms with Gasteiger partial charge in [-0.15, -0.1) is 11.3 Å². The molecule has 2 aromatic rings. The number of carbonyl (C=O) groups excluding carboxylic acids is 1. The van der Waals surface area contributed by atoms with Crippen LogP contribution in [-0.4, -0.2) is 11.9 Å². The number of rotatable bonds is 3. The topological polar surface area (TPSA) is 55.1 Å². The van der Waals surface area contributed by atoms with Crippen molar-refractivity contribution in [2.24, 2.45) is 5.92 Å². The summed E-state index contributed by atoms with van der Waals surface area (Å²) in [7, 11) is 0. The van der Waals surface area contributed by atoms with Crippen LogP contribution < -0.4 is 11.1 Å². The van der Waals surface area contributed by atoms with E-state index >= 15 is 0 Å². The zero-order chi connectivity index (χ0) is 13.6. The van der Waals surface area contributed by atoms with Crippen molar-refractivity contribution < 1.29 is 4.79 Å². The number of nitrogens with two attached hydrogens (primary N) is 1. The van der Waals surface area contributed by atoms with Gasteiger partial charge in [0.05, 0.1) is 5.69 Å². The molecule has 19 heavy (non-hydrogen) atoms. The molecule has 3 N–H and O–H groups in total. The van der Waals surface area contributed by atoms with Gasteiger partial charge in [0.2, 0.25) is 0 Å². The van der Waals surface area contributed by atoms with Crippen molar-refractivity contribution in [1.82, 2.24) is 5.32 Å². The molecule has 1 aliphatic carbocycles. The van der Waals surface area contributed by atoms with Gasteiger partial charge in [-0.2, -0.15) is 0 Å². The van der Waals surface area contributed by atoms with E-state index in [0.717, 1.165) is 10.1 Å². The van der Waals surface area contributed by atoms with Gasteiger partial charge in [-0.3, -0.25) is 4.79 Å². The summed E-state index contributed by atoms with van der Waals surface area (Å²) in [6.45, 7) is 2.05. The summed E-state index contributed by atoms with van der Waals surface area (Å²) in [6, 6.07) is 5.73. The van der Waals surface area contributed by atoms with Crippen molar-refractivity contribution in [3.8, 4) is 0 Å². The van der Waals surface area contributed by atoms with Gasteiger partial charge in [-0.05, 0) is 43.9 Å². The number of nitrogen functional groups attached to an aromatic ring is 1. The average Bonchev–Trinajstić information content (AvgIpc) is 3.15. The maximum absolute atomic E-state index is 12.2. The number of amides is 1. The summed E-state index contributed by atoms with van der Waals surface area (Å²) in [6.07, 6.45) is 2.41. The summed E-state index contributed by atoms with van der Waals surface area (Å²) in [5, 5.41) is 4.59. The number of carbonyl (C=O) groups is 1. The van der Waals surface area contributed by atoms with Crippen LogP contribution in [0.3, 0.4) is 0 Å². The molecule has 1 aromatic heterocycles. The molecule has 3 rings (SSSR count). The first-order valence-electron chi connectivity index (χ1n) is 6.34. The van der Waals surface area contributed by atoms with E-state index in [-0.39, 0.29) is 11.9 Å². The van der Waals surface area contributed by atoms with Crippen LogP contribution in [0.25, 0.3) is 10.1 Å².